The van der Waals surface area contributed by atoms with Crippen LogP contribution in [0.4, 0.5) is 4.39 Å². The van der Waals surface area contributed by atoms with Gasteiger partial charge in [0, 0.05) is 12.5 Å². The average molecular weight is 432 g/mol. The summed E-state index contributed by atoms with van der Waals surface area (Å²) in [5.74, 6) is 0.388. The van der Waals surface area contributed by atoms with E-state index in [4.69, 9.17) is 5.14 Å². The minimum Gasteiger partial charge on any atom is -0.297 e. The second kappa shape index (κ2) is 8.63. The molecule has 1 heterocycles. The van der Waals surface area contributed by atoms with Crippen molar-refractivity contribution in [3.63, 3.8) is 0 Å². The van der Waals surface area contributed by atoms with E-state index >= 15 is 0 Å². The number of primary sulfonamides is 1. The van der Waals surface area contributed by atoms with E-state index in [1.807, 2.05) is 38.2 Å². The van der Waals surface area contributed by atoms with Gasteiger partial charge >= 0.3 is 0 Å². The van der Waals surface area contributed by atoms with E-state index in [-0.39, 0.29) is 10.6 Å². The third-order valence-electron chi connectivity index (χ3n) is 4.91. The third-order valence-corrected chi connectivity index (χ3v) is 5.82. The molecular weight excluding hydrogens is 405 g/mol. The third kappa shape index (κ3) is 5.10. The second-order valence-electron chi connectivity index (χ2n) is 7.69. The van der Waals surface area contributed by atoms with Gasteiger partial charge in [0.1, 0.15) is 17.3 Å². The molecule has 0 unspecified atom stereocenters. The van der Waals surface area contributed by atoms with Crippen molar-refractivity contribution >= 4 is 10.0 Å². The summed E-state index contributed by atoms with van der Waals surface area (Å²) < 4.78 is 39.3. The summed E-state index contributed by atoms with van der Waals surface area (Å²) in [6.07, 6.45) is 0.455. The number of benzene rings is 2. The molecule has 1 aromatic heterocycles. The largest absolute Gasteiger partial charge is 0.297 e. The SMILES string of the molecule is Cc1cccc(Cc2nc(CN(C)C(C)C)nn2-c2ccc(S(N)(=O)=O)cc2F)c1. The number of aryl methyl sites for hydroxylation is 1. The van der Waals surface area contributed by atoms with Crippen LogP contribution in [0.15, 0.2) is 47.4 Å². The topological polar surface area (TPSA) is 94.1 Å². The molecule has 2 N–H and O–H groups in total. The predicted molar refractivity (Wildman–Crippen MR) is 113 cm³/mol. The number of halogens is 1. The van der Waals surface area contributed by atoms with Gasteiger partial charge in [-0.3, -0.25) is 4.90 Å². The molecule has 0 bridgehead atoms. The van der Waals surface area contributed by atoms with Gasteiger partial charge in [-0.15, -0.1) is 5.10 Å². The molecule has 30 heavy (non-hydrogen) atoms. The molecule has 9 heteroatoms. The van der Waals surface area contributed by atoms with Crippen LogP contribution in [0, 0.1) is 12.7 Å². The molecule has 0 atom stereocenters. The highest BCUT2D eigenvalue weighted by Gasteiger charge is 2.19. The molecule has 0 fully saturated rings. The van der Waals surface area contributed by atoms with Gasteiger partial charge < -0.3 is 0 Å². The highest BCUT2D eigenvalue weighted by Crippen LogP contribution is 2.21. The maximum atomic E-state index is 14.8. The Balaban J connectivity index is 2.06. The van der Waals surface area contributed by atoms with Crippen LogP contribution in [0.1, 0.15) is 36.6 Å². The van der Waals surface area contributed by atoms with Crippen LogP contribution < -0.4 is 5.14 Å². The van der Waals surface area contributed by atoms with E-state index < -0.39 is 15.8 Å². The number of nitrogens with zero attached hydrogens (tertiary/aromatic N) is 4. The Morgan fingerprint density at radius 2 is 1.93 bits per heavy atom. The molecule has 0 aliphatic rings. The van der Waals surface area contributed by atoms with Gasteiger partial charge in [-0.25, -0.2) is 27.6 Å². The molecule has 0 aliphatic carbocycles. The monoisotopic (exact) mass is 431 g/mol. The zero-order chi connectivity index (χ0) is 22.1. The van der Waals surface area contributed by atoms with E-state index in [0.29, 0.717) is 30.7 Å². The molecule has 3 aromatic rings. The standard InChI is InChI=1S/C21H26FN5O2S/c1-14(2)26(4)13-20-24-21(11-16-7-5-6-15(3)10-16)27(25-20)19-9-8-17(12-18(19)22)30(23,28)29/h5-10,12,14H,11,13H2,1-4H3,(H2,23,28,29). The first-order valence-electron chi connectivity index (χ1n) is 9.58. The van der Waals surface area contributed by atoms with Gasteiger partial charge in [0.15, 0.2) is 5.82 Å². The van der Waals surface area contributed by atoms with E-state index in [9.17, 15) is 12.8 Å². The van der Waals surface area contributed by atoms with Gasteiger partial charge in [0.25, 0.3) is 0 Å². The van der Waals surface area contributed by atoms with E-state index in [1.54, 1.807) is 0 Å². The quantitative estimate of drug-likeness (QED) is 0.621. The number of sulfonamides is 1. The maximum Gasteiger partial charge on any atom is 0.238 e. The Morgan fingerprint density at radius 1 is 1.20 bits per heavy atom. The van der Waals surface area contributed by atoms with Crippen molar-refractivity contribution in [3.8, 4) is 5.69 Å². The van der Waals surface area contributed by atoms with E-state index in [1.165, 1.54) is 16.8 Å². The van der Waals surface area contributed by atoms with Crippen LogP contribution in [-0.4, -0.2) is 41.2 Å². The van der Waals surface area contributed by atoms with Crippen molar-refractivity contribution in [2.45, 2.75) is 44.7 Å². The van der Waals surface area contributed by atoms with E-state index in [2.05, 4.69) is 28.8 Å². The normalized spacial score (nSPS) is 12.1. The summed E-state index contributed by atoms with van der Waals surface area (Å²) in [6, 6.07) is 11.8. The lowest BCUT2D eigenvalue weighted by Gasteiger charge is -2.18. The lowest BCUT2D eigenvalue weighted by Crippen LogP contribution is -2.26. The van der Waals surface area contributed by atoms with Crippen LogP contribution in [0.2, 0.25) is 0 Å². The molecule has 0 saturated heterocycles. The molecule has 3 rings (SSSR count). The number of hydrogen-bond donors (Lipinski definition) is 1. The highest BCUT2D eigenvalue weighted by atomic mass is 32.2. The zero-order valence-corrected chi connectivity index (χ0v) is 18.3. The molecule has 0 amide bonds. The Kier molecular flexibility index (Phi) is 6.35. The zero-order valence-electron chi connectivity index (χ0n) is 17.5. The fourth-order valence-electron chi connectivity index (χ4n) is 3.01. The van der Waals surface area contributed by atoms with Crippen molar-refractivity contribution in [1.82, 2.24) is 19.7 Å². The summed E-state index contributed by atoms with van der Waals surface area (Å²) in [6.45, 7) is 6.64. The first-order chi connectivity index (χ1) is 14.0. The molecule has 0 radical (unpaired) electrons. The summed E-state index contributed by atoms with van der Waals surface area (Å²) in [7, 11) is -2.03. The van der Waals surface area contributed by atoms with Crippen molar-refractivity contribution < 1.29 is 12.8 Å². The van der Waals surface area contributed by atoms with Gasteiger partial charge in [-0.2, -0.15) is 0 Å². The minimum absolute atomic E-state index is 0.121. The van der Waals surface area contributed by atoms with E-state index in [0.717, 1.165) is 17.2 Å². The first-order valence-corrected chi connectivity index (χ1v) is 11.1. The summed E-state index contributed by atoms with van der Waals surface area (Å²) in [5.41, 5.74) is 2.26. The van der Waals surface area contributed by atoms with Crippen molar-refractivity contribution in [2.75, 3.05) is 7.05 Å². The van der Waals surface area contributed by atoms with Crippen molar-refractivity contribution in [3.05, 3.63) is 71.1 Å². The van der Waals surface area contributed by atoms with Crippen LogP contribution >= 0.6 is 0 Å². The van der Waals surface area contributed by atoms with Gasteiger partial charge in [-0.05, 0) is 51.6 Å². The second-order valence-corrected chi connectivity index (χ2v) is 9.25. The number of rotatable bonds is 7. The summed E-state index contributed by atoms with van der Waals surface area (Å²) >= 11 is 0. The molecule has 7 nitrogen and oxygen atoms in total. The lowest BCUT2D eigenvalue weighted by atomic mass is 10.1. The highest BCUT2D eigenvalue weighted by molar-refractivity contribution is 7.89. The van der Waals surface area contributed by atoms with Gasteiger partial charge in [0.2, 0.25) is 10.0 Å². The fraction of sp³-hybridized carbons (Fsp3) is 0.333. The summed E-state index contributed by atoms with van der Waals surface area (Å²) in [5, 5.41) is 9.63. The summed E-state index contributed by atoms with van der Waals surface area (Å²) in [4.78, 5) is 6.44. The minimum atomic E-state index is -4.00. The molecule has 2 aromatic carbocycles. The Hall–Kier alpha value is -2.62. The Labute approximate surface area is 176 Å². The molecule has 0 aliphatic heterocycles. The molecular formula is C21H26FN5O2S. The van der Waals surface area contributed by atoms with Gasteiger partial charge in [-0.1, -0.05) is 29.8 Å². The van der Waals surface area contributed by atoms with Crippen LogP contribution in [-0.2, 0) is 23.0 Å². The van der Waals surface area contributed by atoms with Gasteiger partial charge in [0.05, 0.1) is 11.4 Å². The number of nitrogens with two attached hydrogens (primary N) is 1. The average Bonchev–Trinajstić information content (AvgIpc) is 3.02. The van der Waals surface area contributed by atoms with Crippen LogP contribution in [0.3, 0.4) is 0 Å². The van der Waals surface area contributed by atoms with Crippen LogP contribution in [0.5, 0.6) is 0 Å². The molecule has 0 spiro atoms. The van der Waals surface area contributed by atoms with Crippen molar-refractivity contribution in [1.29, 1.82) is 0 Å². The maximum absolute atomic E-state index is 14.8. The van der Waals surface area contributed by atoms with Crippen molar-refractivity contribution in [2.24, 2.45) is 5.14 Å². The predicted octanol–water partition coefficient (Wildman–Crippen LogP) is 2.79. The smallest absolute Gasteiger partial charge is 0.238 e. The Bertz CT molecular complexity index is 1160. The fourth-order valence-corrected chi connectivity index (χ4v) is 3.54. The Morgan fingerprint density at radius 3 is 2.53 bits per heavy atom. The first kappa shape index (κ1) is 22.1. The molecule has 160 valence electrons. The molecule has 0 saturated carbocycles. The van der Waals surface area contributed by atoms with Crippen LogP contribution in [0.25, 0.3) is 5.69 Å². The number of hydrogen-bond acceptors (Lipinski definition) is 5. The lowest BCUT2D eigenvalue weighted by molar-refractivity contribution is 0.259. The number of aromatic nitrogens is 3.